The first-order valence-corrected chi connectivity index (χ1v) is 7.50. The number of hydrogen-bond donors (Lipinski definition) is 1. The molecule has 0 spiro atoms. The predicted octanol–water partition coefficient (Wildman–Crippen LogP) is 3.15. The Hall–Kier alpha value is -1.77. The summed E-state index contributed by atoms with van der Waals surface area (Å²) in [5.41, 5.74) is 1.23. The molecule has 2 aromatic rings. The van der Waals surface area contributed by atoms with Crippen molar-refractivity contribution in [1.29, 1.82) is 0 Å². The van der Waals surface area contributed by atoms with Gasteiger partial charge in [0, 0.05) is 17.7 Å². The SMILES string of the molecule is CC(C)Cc1nc(-c2ccc([N+](=O)[O-])cc2)[nH]c(=O)c1I. The van der Waals surface area contributed by atoms with Crippen LogP contribution in [0.1, 0.15) is 19.5 Å². The molecule has 1 aromatic heterocycles. The Morgan fingerprint density at radius 2 is 1.95 bits per heavy atom. The summed E-state index contributed by atoms with van der Waals surface area (Å²) in [5.74, 6) is 0.823. The zero-order chi connectivity index (χ0) is 15.6. The van der Waals surface area contributed by atoms with Crippen molar-refractivity contribution in [3.05, 3.63) is 54.0 Å². The molecule has 110 valence electrons. The van der Waals surface area contributed by atoms with E-state index >= 15 is 0 Å². The highest BCUT2D eigenvalue weighted by molar-refractivity contribution is 14.1. The van der Waals surface area contributed by atoms with E-state index in [1.165, 1.54) is 12.1 Å². The number of H-pyrrole nitrogens is 1. The Morgan fingerprint density at radius 3 is 2.48 bits per heavy atom. The molecule has 21 heavy (non-hydrogen) atoms. The zero-order valence-corrected chi connectivity index (χ0v) is 13.7. The van der Waals surface area contributed by atoms with Crippen molar-refractivity contribution >= 4 is 28.3 Å². The molecule has 0 saturated carbocycles. The van der Waals surface area contributed by atoms with Gasteiger partial charge in [0.05, 0.1) is 14.2 Å². The van der Waals surface area contributed by atoms with Crippen LogP contribution in [0.25, 0.3) is 11.4 Å². The van der Waals surface area contributed by atoms with Gasteiger partial charge in [-0.2, -0.15) is 0 Å². The highest BCUT2D eigenvalue weighted by Gasteiger charge is 2.12. The van der Waals surface area contributed by atoms with Gasteiger partial charge in [0.2, 0.25) is 0 Å². The first-order valence-electron chi connectivity index (χ1n) is 6.42. The van der Waals surface area contributed by atoms with Crippen molar-refractivity contribution in [2.75, 3.05) is 0 Å². The number of non-ortho nitro benzene ring substituents is 1. The number of aromatic nitrogens is 2. The van der Waals surface area contributed by atoms with Crippen LogP contribution >= 0.6 is 22.6 Å². The van der Waals surface area contributed by atoms with Crippen molar-refractivity contribution in [1.82, 2.24) is 9.97 Å². The van der Waals surface area contributed by atoms with Gasteiger partial charge in [-0.1, -0.05) is 13.8 Å². The lowest BCUT2D eigenvalue weighted by Gasteiger charge is -2.08. The topological polar surface area (TPSA) is 88.9 Å². The number of nitrogens with one attached hydrogen (secondary N) is 1. The normalized spacial score (nSPS) is 10.9. The summed E-state index contributed by atoms with van der Waals surface area (Å²) >= 11 is 1.99. The molecule has 7 heteroatoms. The van der Waals surface area contributed by atoms with E-state index in [1.54, 1.807) is 12.1 Å². The van der Waals surface area contributed by atoms with Crippen LogP contribution in [0, 0.1) is 19.6 Å². The van der Waals surface area contributed by atoms with Gasteiger partial charge in [0.1, 0.15) is 5.82 Å². The molecule has 0 aliphatic carbocycles. The van der Waals surface area contributed by atoms with Gasteiger partial charge >= 0.3 is 0 Å². The number of benzene rings is 1. The minimum atomic E-state index is -0.460. The lowest BCUT2D eigenvalue weighted by molar-refractivity contribution is -0.384. The van der Waals surface area contributed by atoms with Crippen LogP contribution in [0.2, 0.25) is 0 Å². The van der Waals surface area contributed by atoms with E-state index in [4.69, 9.17) is 0 Å². The third-order valence-corrected chi connectivity index (χ3v) is 4.00. The van der Waals surface area contributed by atoms with E-state index in [1.807, 2.05) is 22.6 Å². The van der Waals surface area contributed by atoms with Gasteiger partial charge in [-0.3, -0.25) is 14.9 Å². The summed E-state index contributed by atoms with van der Waals surface area (Å²) < 4.78 is 0.590. The van der Waals surface area contributed by atoms with Crippen LogP contribution in [-0.2, 0) is 6.42 Å². The van der Waals surface area contributed by atoms with Gasteiger partial charge in [-0.15, -0.1) is 0 Å². The molecule has 2 rings (SSSR count). The number of halogens is 1. The molecule has 6 nitrogen and oxygen atoms in total. The number of hydrogen-bond acceptors (Lipinski definition) is 4. The van der Waals surface area contributed by atoms with Crippen LogP contribution in [0.5, 0.6) is 0 Å². The standard InChI is InChI=1S/C14H14IN3O3/c1-8(2)7-11-12(15)14(19)17-13(16-11)9-3-5-10(6-4-9)18(20)21/h3-6,8H,7H2,1-2H3,(H,16,17,19). The summed E-state index contributed by atoms with van der Waals surface area (Å²) in [6.45, 7) is 4.12. The summed E-state index contributed by atoms with van der Waals surface area (Å²) in [5, 5.41) is 10.7. The highest BCUT2D eigenvalue weighted by atomic mass is 127. The molecule has 0 bridgehead atoms. The molecule has 0 saturated heterocycles. The average molecular weight is 399 g/mol. The van der Waals surface area contributed by atoms with E-state index in [0.29, 0.717) is 27.3 Å². The Labute approximate surface area is 134 Å². The average Bonchev–Trinajstić information content (AvgIpc) is 2.43. The second-order valence-electron chi connectivity index (χ2n) is 5.08. The Morgan fingerprint density at radius 1 is 1.33 bits per heavy atom. The minimum absolute atomic E-state index is 0.00834. The molecule has 0 aliphatic rings. The predicted molar refractivity (Wildman–Crippen MR) is 88.2 cm³/mol. The zero-order valence-electron chi connectivity index (χ0n) is 11.6. The van der Waals surface area contributed by atoms with E-state index in [9.17, 15) is 14.9 Å². The highest BCUT2D eigenvalue weighted by Crippen LogP contribution is 2.20. The second-order valence-corrected chi connectivity index (χ2v) is 6.16. The van der Waals surface area contributed by atoms with Gasteiger partial charge in [-0.25, -0.2) is 4.98 Å². The van der Waals surface area contributed by atoms with Crippen molar-refractivity contribution in [3.63, 3.8) is 0 Å². The van der Waals surface area contributed by atoms with Gasteiger partial charge < -0.3 is 4.98 Å². The van der Waals surface area contributed by atoms with Gasteiger partial charge in [-0.05, 0) is 47.1 Å². The van der Waals surface area contributed by atoms with Crippen LogP contribution in [-0.4, -0.2) is 14.9 Å². The molecule has 1 heterocycles. The molecule has 1 N–H and O–H groups in total. The number of nitro groups is 1. The third-order valence-electron chi connectivity index (χ3n) is 2.88. The molecule has 0 radical (unpaired) electrons. The molecular formula is C14H14IN3O3. The molecule has 0 fully saturated rings. The number of nitro benzene ring substituents is 1. The van der Waals surface area contributed by atoms with Crippen molar-refractivity contribution < 1.29 is 4.92 Å². The summed E-state index contributed by atoms with van der Waals surface area (Å²) in [7, 11) is 0. The number of aromatic amines is 1. The second kappa shape index (κ2) is 6.33. The number of rotatable bonds is 4. The maximum Gasteiger partial charge on any atom is 0.269 e. The molecule has 1 aromatic carbocycles. The summed E-state index contributed by atoms with van der Waals surface area (Å²) in [6, 6.07) is 5.97. The maximum absolute atomic E-state index is 12.0. The molecule has 0 atom stereocenters. The summed E-state index contributed by atoms with van der Waals surface area (Å²) in [6.07, 6.45) is 0.710. The van der Waals surface area contributed by atoms with Crippen molar-refractivity contribution in [2.24, 2.45) is 5.92 Å². The Bertz CT molecular complexity index is 723. The fourth-order valence-corrected chi connectivity index (χ4v) is 2.38. The Kier molecular flexibility index (Phi) is 4.71. The third kappa shape index (κ3) is 3.66. The quantitative estimate of drug-likeness (QED) is 0.486. The first kappa shape index (κ1) is 15.6. The van der Waals surface area contributed by atoms with E-state index in [2.05, 4.69) is 23.8 Å². The molecule has 0 amide bonds. The van der Waals surface area contributed by atoms with Crippen LogP contribution in [0.15, 0.2) is 29.1 Å². The van der Waals surface area contributed by atoms with E-state index in [0.717, 1.165) is 5.69 Å². The fourth-order valence-electron chi connectivity index (χ4n) is 1.91. The fraction of sp³-hybridized carbons (Fsp3) is 0.286. The van der Waals surface area contributed by atoms with Crippen molar-refractivity contribution in [3.8, 4) is 11.4 Å². The maximum atomic E-state index is 12.0. The van der Waals surface area contributed by atoms with Gasteiger partial charge in [0.25, 0.3) is 11.2 Å². The lowest BCUT2D eigenvalue weighted by atomic mass is 10.1. The van der Waals surface area contributed by atoms with Crippen LogP contribution < -0.4 is 5.56 Å². The first-order chi connectivity index (χ1) is 9.88. The molecule has 0 unspecified atom stereocenters. The van der Waals surface area contributed by atoms with Gasteiger partial charge in [0.15, 0.2) is 0 Å². The van der Waals surface area contributed by atoms with Crippen LogP contribution in [0.4, 0.5) is 5.69 Å². The van der Waals surface area contributed by atoms with Crippen LogP contribution in [0.3, 0.4) is 0 Å². The number of nitrogens with zero attached hydrogens (tertiary/aromatic N) is 2. The van der Waals surface area contributed by atoms with E-state index in [-0.39, 0.29) is 11.2 Å². The van der Waals surface area contributed by atoms with E-state index < -0.39 is 4.92 Å². The Balaban J connectivity index is 2.46. The molecular weight excluding hydrogens is 385 g/mol. The lowest BCUT2D eigenvalue weighted by Crippen LogP contribution is -2.17. The smallest absolute Gasteiger partial charge is 0.269 e. The minimum Gasteiger partial charge on any atom is -0.306 e. The monoisotopic (exact) mass is 399 g/mol. The summed E-state index contributed by atoms with van der Waals surface area (Å²) in [4.78, 5) is 29.4. The largest absolute Gasteiger partial charge is 0.306 e. The van der Waals surface area contributed by atoms with Crippen molar-refractivity contribution in [2.45, 2.75) is 20.3 Å². The molecule has 0 aliphatic heterocycles.